The number of aromatic nitrogens is 2. The molecular weight excluding hydrogens is 374 g/mol. The van der Waals surface area contributed by atoms with Crippen LogP contribution < -0.4 is 14.8 Å². The first-order chi connectivity index (χ1) is 11.7. The highest BCUT2D eigenvalue weighted by molar-refractivity contribution is 9.10. The van der Waals surface area contributed by atoms with Gasteiger partial charge in [-0.1, -0.05) is 6.92 Å². The minimum atomic E-state index is -0.137. The highest BCUT2D eigenvalue weighted by Gasteiger charge is 2.15. The summed E-state index contributed by atoms with van der Waals surface area (Å²) >= 11 is 3.45. The van der Waals surface area contributed by atoms with Gasteiger partial charge in [0.2, 0.25) is 0 Å². The van der Waals surface area contributed by atoms with E-state index in [1.165, 1.54) is 0 Å². The van der Waals surface area contributed by atoms with Crippen LogP contribution in [0, 0.1) is 0 Å². The number of rotatable bonds is 9. The first-order valence-electron chi connectivity index (χ1n) is 7.90. The van der Waals surface area contributed by atoms with Crippen LogP contribution in [-0.4, -0.2) is 35.7 Å². The second kappa shape index (κ2) is 9.32. The van der Waals surface area contributed by atoms with E-state index in [-0.39, 0.29) is 5.91 Å². The van der Waals surface area contributed by atoms with Gasteiger partial charge >= 0.3 is 0 Å². The molecule has 1 aromatic carbocycles. The van der Waals surface area contributed by atoms with Crippen LogP contribution in [0.2, 0.25) is 0 Å². The first-order valence-corrected chi connectivity index (χ1v) is 8.69. The van der Waals surface area contributed by atoms with E-state index in [0.29, 0.717) is 34.7 Å². The first kappa shape index (κ1) is 18.3. The van der Waals surface area contributed by atoms with Crippen molar-refractivity contribution in [3.63, 3.8) is 0 Å². The van der Waals surface area contributed by atoms with Gasteiger partial charge < -0.3 is 19.4 Å². The predicted octanol–water partition coefficient (Wildman–Crippen LogP) is 3.26. The third-order valence-corrected chi connectivity index (χ3v) is 3.97. The molecule has 0 saturated heterocycles. The normalized spacial score (nSPS) is 10.5. The number of hydrogen-bond donors (Lipinski definition) is 1. The minimum absolute atomic E-state index is 0.137. The lowest BCUT2D eigenvalue weighted by molar-refractivity contribution is 0.0952. The Balaban J connectivity index is 1.94. The Morgan fingerprint density at radius 2 is 2.25 bits per heavy atom. The number of methoxy groups -OCH3 is 1. The fourth-order valence-electron chi connectivity index (χ4n) is 2.18. The van der Waals surface area contributed by atoms with Crippen molar-refractivity contribution in [2.24, 2.45) is 0 Å². The lowest BCUT2D eigenvalue weighted by atomic mass is 10.2. The molecule has 0 fully saturated rings. The van der Waals surface area contributed by atoms with Crippen molar-refractivity contribution < 1.29 is 14.3 Å². The maximum Gasteiger partial charge on any atom is 0.251 e. The van der Waals surface area contributed by atoms with Crippen molar-refractivity contribution >= 4 is 21.8 Å². The van der Waals surface area contributed by atoms with Crippen molar-refractivity contribution in [1.82, 2.24) is 14.9 Å². The number of carbonyl (C=O) groups is 1. The summed E-state index contributed by atoms with van der Waals surface area (Å²) in [4.78, 5) is 16.3. The number of amides is 1. The van der Waals surface area contributed by atoms with Crippen LogP contribution in [0.1, 0.15) is 30.1 Å². The van der Waals surface area contributed by atoms with Gasteiger partial charge in [-0.2, -0.15) is 0 Å². The van der Waals surface area contributed by atoms with Crippen molar-refractivity contribution in [3.8, 4) is 11.5 Å². The van der Waals surface area contributed by atoms with Crippen LogP contribution in [0.4, 0.5) is 0 Å². The van der Waals surface area contributed by atoms with E-state index in [1.54, 1.807) is 31.8 Å². The van der Waals surface area contributed by atoms with Gasteiger partial charge in [0.25, 0.3) is 5.91 Å². The van der Waals surface area contributed by atoms with Crippen LogP contribution in [0.15, 0.2) is 35.3 Å². The fourth-order valence-corrected chi connectivity index (χ4v) is 2.74. The summed E-state index contributed by atoms with van der Waals surface area (Å²) in [6.07, 6.45) is 7.13. The van der Waals surface area contributed by atoms with Crippen molar-refractivity contribution in [2.45, 2.75) is 26.3 Å². The molecule has 1 aromatic heterocycles. The molecular formula is C17H22BrN3O3. The molecule has 0 atom stereocenters. The molecule has 1 N–H and O–H groups in total. The molecule has 1 amide bonds. The van der Waals surface area contributed by atoms with Gasteiger partial charge in [0, 0.05) is 31.0 Å². The van der Waals surface area contributed by atoms with Gasteiger partial charge in [0.15, 0.2) is 11.5 Å². The number of nitrogens with one attached hydrogen (secondary N) is 1. The number of ether oxygens (including phenoxy) is 2. The zero-order valence-electron chi connectivity index (χ0n) is 13.9. The summed E-state index contributed by atoms with van der Waals surface area (Å²) in [7, 11) is 1.56. The molecule has 0 bridgehead atoms. The van der Waals surface area contributed by atoms with E-state index in [1.807, 2.05) is 17.7 Å². The zero-order valence-corrected chi connectivity index (χ0v) is 15.5. The Morgan fingerprint density at radius 1 is 1.42 bits per heavy atom. The summed E-state index contributed by atoms with van der Waals surface area (Å²) in [5.74, 6) is 1.03. The van der Waals surface area contributed by atoms with Gasteiger partial charge in [0.1, 0.15) is 0 Å². The number of carbonyl (C=O) groups excluding carboxylic acids is 1. The summed E-state index contributed by atoms with van der Waals surface area (Å²) in [6.45, 7) is 4.03. The van der Waals surface area contributed by atoms with Crippen LogP contribution in [0.5, 0.6) is 11.5 Å². The maximum absolute atomic E-state index is 12.3. The van der Waals surface area contributed by atoms with Crippen LogP contribution in [0.25, 0.3) is 0 Å². The number of imidazole rings is 1. The molecule has 0 saturated carbocycles. The fraction of sp³-hybridized carbons (Fsp3) is 0.412. The quantitative estimate of drug-likeness (QED) is 0.661. The Hall–Kier alpha value is -2.02. The van der Waals surface area contributed by atoms with Gasteiger partial charge in [0.05, 0.1) is 24.5 Å². The third kappa shape index (κ3) is 4.99. The summed E-state index contributed by atoms with van der Waals surface area (Å²) in [6, 6.07) is 3.44. The van der Waals surface area contributed by atoms with Gasteiger partial charge in [-0.3, -0.25) is 4.79 Å². The number of halogens is 1. The molecule has 0 aliphatic heterocycles. The molecule has 2 rings (SSSR count). The lowest BCUT2D eigenvalue weighted by Gasteiger charge is -2.14. The highest BCUT2D eigenvalue weighted by atomic mass is 79.9. The van der Waals surface area contributed by atoms with Gasteiger partial charge in [-0.15, -0.1) is 0 Å². The van der Waals surface area contributed by atoms with E-state index < -0.39 is 0 Å². The number of aryl methyl sites for hydroxylation is 1. The van der Waals surface area contributed by atoms with Gasteiger partial charge in [-0.25, -0.2) is 4.98 Å². The van der Waals surface area contributed by atoms with E-state index in [0.717, 1.165) is 19.4 Å². The molecule has 7 heteroatoms. The molecule has 6 nitrogen and oxygen atoms in total. The number of nitrogens with zero attached hydrogens (tertiary/aromatic N) is 2. The van der Waals surface area contributed by atoms with Crippen molar-refractivity contribution in [3.05, 3.63) is 40.9 Å². The SMILES string of the molecule is CCCOc1c(Br)cc(C(=O)NCCCn2ccnc2)cc1OC. The van der Waals surface area contributed by atoms with Crippen molar-refractivity contribution in [2.75, 3.05) is 20.3 Å². The minimum Gasteiger partial charge on any atom is -0.493 e. The predicted molar refractivity (Wildman–Crippen MR) is 95.7 cm³/mol. The summed E-state index contributed by atoms with van der Waals surface area (Å²) < 4.78 is 13.7. The average molecular weight is 396 g/mol. The number of benzene rings is 1. The Labute approximate surface area is 150 Å². The second-order valence-corrected chi connectivity index (χ2v) is 6.10. The van der Waals surface area contributed by atoms with E-state index >= 15 is 0 Å². The van der Waals surface area contributed by atoms with E-state index in [9.17, 15) is 4.79 Å². The molecule has 0 unspecified atom stereocenters. The van der Waals surface area contributed by atoms with E-state index in [4.69, 9.17) is 9.47 Å². The Morgan fingerprint density at radius 3 is 2.92 bits per heavy atom. The number of hydrogen-bond acceptors (Lipinski definition) is 4. The summed E-state index contributed by atoms with van der Waals surface area (Å²) in [5.41, 5.74) is 0.533. The Bertz CT molecular complexity index is 659. The average Bonchev–Trinajstić information content (AvgIpc) is 3.10. The molecule has 130 valence electrons. The lowest BCUT2D eigenvalue weighted by Crippen LogP contribution is -2.25. The zero-order chi connectivity index (χ0) is 17.4. The topological polar surface area (TPSA) is 65.4 Å². The molecule has 1 heterocycles. The molecule has 0 aliphatic rings. The molecule has 0 aliphatic carbocycles. The third-order valence-electron chi connectivity index (χ3n) is 3.38. The monoisotopic (exact) mass is 395 g/mol. The van der Waals surface area contributed by atoms with Gasteiger partial charge in [-0.05, 0) is 40.9 Å². The summed E-state index contributed by atoms with van der Waals surface area (Å²) in [5, 5.41) is 2.91. The molecule has 0 radical (unpaired) electrons. The molecule has 0 spiro atoms. The standard InChI is InChI=1S/C17H22BrN3O3/c1-3-9-24-16-14(18)10-13(11-15(16)23-2)17(22)20-5-4-7-21-8-6-19-12-21/h6,8,10-12H,3-5,7,9H2,1-2H3,(H,20,22). The largest absolute Gasteiger partial charge is 0.493 e. The van der Waals surface area contributed by atoms with E-state index in [2.05, 4.69) is 26.2 Å². The van der Waals surface area contributed by atoms with Crippen LogP contribution in [0.3, 0.4) is 0 Å². The van der Waals surface area contributed by atoms with Crippen molar-refractivity contribution in [1.29, 1.82) is 0 Å². The smallest absolute Gasteiger partial charge is 0.251 e. The Kier molecular flexibility index (Phi) is 7.11. The second-order valence-electron chi connectivity index (χ2n) is 5.25. The molecule has 24 heavy (non-hydrogen) atoms. The maximum atomic E-state index is 12.3. The molecule has 2 aromatic rings. The van der Waals surface area contributed by atoms with Crippen LogP contribution >= 0.6 is 15.9 Å². The highest BCUT2D eigenvalue weighted by Crippen LogP contribution is 2.36. The van der Waals surface area contributed by atoms with Crippen LogP contribution in [-0.2, 0) is 6.54 Å².